The van der Waals surface area contributed by atoms with E-state index in [-0.39, 0.29) is 11.7 Å². The third kappa shape index (κ3) is 5.19. The summed E-state index contributed by atoms with van der Waals surface area (Å²) in [6, 6.07) is 7.93. The first-order valence-corrected chi connectivity index (χ1v) is 7.48. The molecule has 0 bridgehead atoms. The van der Waals surface area contributed by atoms with E-state index >= 15 is 0 Å². The van der Waals surface area contributed by atoms with E-state index in [1.54, 1.807) is 34.8 Å². The highest BCUT2D eigenvalue weighted by atomic mass is 19.3. The van der Waals surface area contributed by atoms with Crippen LogP contribution in [-0.4, -0.2) is 34.2 Å². The summed E-state index contributed by atoms with van der Waals surface area (Å²) < 4.78 is 30.2. The van der Waals surface area contributed by atoms with E-state index in [0.29, 0.717) is 12.1 Å². The molecule has 0 saturated heterocycles. The molecule has 1 amide bonds. The van der Waals surface area contributed by atoms with Crippen LogP contribution in [0.5, 0.6) is 5.75 Å². The van der Waals surface area contributed by atoms with Gasteiger partial charge in [0.25, 0.3) is 0 Å². The van der Waals surface area contributed by atoms with Crippen molar-refractivity contribution in [2.24, 2.45) is 0 Å². The van der Waals surface area contributed by atoms with Crippen molar-refractivity contribution in [3.05, 3.63) is 53.9 Å². The van der Waals surface area contributed by atoms with Gasteiger partial charge in [-0.15, -0.1) is 0 Å². The number of amides is 1. The lowest BCUT2D eigenvalue weighted by Crippen LogP contribution is -2.24. The number of aryl methyl sites for hydroxylation is 1. The number of nitrogens with zero attached hydrogens (tertiary/aromatic N) is 3. The Morgan fingerprint density at radius 1 is 1.33 bits per heavy atom. The summed E-state index contributed by atoms with van der Waals surface area (Å²) in [5, 5.41) is 4.33. The number of halogens is 2. The number of benzene rings is 1. The summed E-state index contributed by atoms with van der Waals surface area (Å²) in [5.41, 5.74) is 1.53. The molecule has 5 nitrogen and oxygen atoms in total. The molecule has 2 aromatic rings. The average molecular weight is 335 g/mol. The quantitative estimate of drug-likeness (QED) is 0.730. The molecule has 128 valence electrons. The van der Waals surface area contributed by atoms with Crippen molar-refractivity contribution in [3.8, 4) is 5.75 Å². The van der Waals surface area contributed by atoms with Gasteiger partial charge in [-0.3, -0.25) is 9.48 Å². The molecule has 0 saturated carbocycles. The maximum Gasteiger partial charge on any atom is 0.387 e. The smallest absolute Gasteiger partial charge is 0.387 e. The molecule has 0 unspecified atom stereocenters. The first kappa shape index (κ1) is 17.7. The molecular formula is C17H19F2N3O2. The van der Waals surface area contributed by atoms with Crippen LogP contribution < -0.4 is 4.74 Å². The summed E-state index contributed by atoms with van der Waals surface area (Å²) in [5.74, 6) is -0.0916. The Kier molecular flexibility index (Phi) is 6.06. The number of ether oxygens (including phenoxy) is 1. The van der Waals surface area contributed by atoms with Crippen molar-refractivity contribution in [1.29, 1.82) is 0 Å². The van der Waals surface area contributed by atoms with Crippen molar-refractivity contribution in [2.45, 2.75) is 26.6 Å². The Bertz CT molecular complexity index is 696. The largest absolute Gasteiger partial charge is 0.435 e. The van der Waals surface area contributed by atoms with Crippen molar-refractivity contribution in [3.63, 3.8) is 0 Å². The zero-order valence-corrected chi connectivity index (χ0v) is 13.5. The summed E-state index contributed by atoms with van der Waals surface area (Å²) in [7, 11) is 1.69. The van der Waals surface area contributed by atoms with Gasteiger partial charge in [0.05, 0.1) is 12.2 Å². The number of rotatable bonds is 7. The van der Waals surface area contributed by atoms with E-state index in [0.717, 1.165) is 12.2 Å². The molecule has 0 atom stereocenters. The number of hydrogen-bond acceptors (Lipinski definition) is 3. The molecule has 1 aromatic heterocycles. The number of likely N-dealkylation sites (N-methyl/N-ethyl adjacent to an activating group) is 1. The molecule has 0 radical (unpaired) electrons. The van der Waals surface area contributed by atoms with Crippen molar-refractivity contribution >= 4 is 12.0 Å². The second kappa shape index (κ2) is 8.24. The highest BCUT2D eigenvalue weighted by molar-refractivity contribution is 5.91. The van der Waals surface area contributed by atoms with E-state index < -0.39 is 6.61 Å². The minimum absolute atomic E-state index is 0.0807. The third-order valence-corrected chi connectivity index (χ3v) is 3.32. The van der Waals surface area contributed by atoms with Crippen LogP contribution in [0.2, 0.25) is 0 Å². The molecule has 0 aliphatic heterocycles. The molecule has 0 aliphatic rings. The maximum absolute atomic E-state index is 12.1. The van der Waals surface area contributed by atoms with Gasteiger partial charge in [-0.05, 0) is 36.8 Å². The number of alkyl halides is 2. The van der Waals surface area contributed by atoms with E-state index in [2.05, 4.69) is 9.84 Å². The predicted octanol–water partition coefficient (Wildman–Crippen LogP) is 3.18. The second-order valence-electron chi connectivity index (χ2n) is 5.14. The number of aromatic nitrogens is 2. The van der Waals surface area contributed by atoms with Crippen LogP contribution in [-0.2, 0) is 17.9 Å². The minimum Gasteiger partial charge on any atom is -0.435 e. The Labute approximate surface area is 139 Å². The van der Waals surface area contributed by atoms with Gasteiger partial charge in [0.1, 0.15) is 5.75 Å². The van der Waals surface area contributed by atoms with Crippen LogP contribution in [0.4, 0.5) is 8.78 Å². The van der Waals surface area contributed by atoms with Gasteiger partial charge >= 0.3 is 6.61 Å². The van der Waals surface area contributed by atoms with Crippen LogP contribution in [0, 0.1) is 0 Å². The van der Waals surface area contributed by atoms with Crippen LogP contribution in [0.1, 0.15) is 18.2 Å². The molecule has 0 N–H and O–H groups in total. The van der Waals surface area contributed by atoms with Crippen molar-refractivity contribution in [1.82, 2.24) is 14.7 Å². The van der Waals surface area contributed by atoms with E-state index in [9.17, 15) is 13.6 Å². The number of carbonyl (C=O) groups excluding carboxylic acids is 1. The predicted molar refractivity (Wildman–Crippen MR) is 86.5 cm³/mol. The summed E-state index contributed by atoms with van der Waals surface area (Å²) in [6.07, 6.45) is 4.92. The fraction of sp³-hybridized carbons (Fsp3) is 0.294. The topological polar surface area (TPSA) is 47.4 Å². The van der Waals surface area contributed by atoms with Gasteiger partial charge in [0.2, 0.25) is 5.91 Å². The Morgan fingerprint density at radius 3 is 2.62 bits per heavy atom. The molecule has 0 fully saturated rings. The highest BCUT2D eigenvalue weighted by Crippen LogP contribution is 2.15. The monoisotopic (exact) mass is 335 g/mol. The van der Waals surface area contributed by atoms with Gasteiger partial charge in [0, 0.05) is 25.9 Å². The average Bonchev–Trinajstić information content (AvgIpc) is 3.01. The molecular weight excluding hydrogens is 316 g/mol. The summed E-state index contributed by atoms with van der Waals surface area (Å²) in [6.45, 7) is 0.337. The fourth-order valence-electron chi connectivity index (χ4n) is 2.04. The first-order valence-electron chi connectivity index (χ1n) is 7.48. The van der Waals surface area contributed by atoms with Crippen LogP contribution in [0.25, 0.3) is 6.08 Å². The maximum atomic E-state index is 12.1. The van der Waals surface area contributed by atoms with Crippen LogP contribution >= 0.6 is 0 Å². The van der Waals surface area contributed by atoms with Crippen molar-refractivity contribution < 1.29 is 18.3 Å². The SMILES string of the molecule is CCn1ccc(CN(C)C(=O)/C=C\c2ccc(OC(F)F)cc2)n1. The van der Waals surface area contributed by atoms with Crippen LogP contribution in [0.15, 0.2) is 42.6 Å². The fourth-order valence-corrected chi connectivity index (χ4v) is 2.04. The van der Waals surface area contributed by atoms with Gasteiger partial charge < -0.3 is 9.64 Å². The number of hydrogen-bond donors (Lipinski definition) is 0. The molecule has 7 heteroatoms. The molecule has 0 aliphatic carbocycles. The Hall–Kier alpha value is -2.70. The Balaban J connectivity index is 1.91. The van der Waals surface area contributed by atoms with E-state index in [1.807, 2.05) is 19.2 Å². The normalized spacial score (nSPS) is 11.2. The molecule has 0 spiro atoms. The van der Waals surface area contributed by atoms with Gasteiger partial charge in [0.15, 0.2) is 0 Å². The molecule has 1 aromatic carbocycles. The zero-order chi connectivity index (χ0) is 17.5. The lowest BCUT2D eigenvalue weighted by Gasteiger charge is -2.13. The Morgan fingerprint density at radius 2 is 2.04 bits per heavy atom. The van der Waals surface area contributed by atoms with E-state index in [4.69, 9.17) is 0 Å². The summed E-state index contributed by atoms with van der Waals surface area (Å²) in [4.78, 5) is 13.6. The lowest BCUT2D eigenvalue weighted by molar-refractivity contribution is -0.125. The van der Waals surface area contributed by atoms with Gasteiger partial charge in [-0.2, -0.15) is 13.9 Å². The van der Waals surface area contributed by atoms with E-state index in [1.165, 1.54) is 18.2 Å². The van der Waals surface area contributed by atoms with Gasteiger partial charge in [-0.25, -0.2) is 0 Å². The highest BCUT2D eigenvalue weighted by Gasteiger charge is 2.08. The standard InChI is InChI=1S/C17H19F2N3O2/c1-3-22-11-10-14(20-22)12-21(2)16(23)9-6-13-4-7-15(8-5-13)24-17(18)19/h4-11,17H,3,12H2,1-2H3/b9-6-. The minimum atomic E-state index is -2.85. The van der Waals surface area contributed by atoms with Gasteiger partial charge in [-0.1, -0.05) is 12.1 Å². The lowest BCUT2D eigenvalue weighted by atomic mass is 10.2. The third-order valence-electron chi connectivity index (χ3n) is 3.32. The first-order chi connectivity index (χ1) is 11.5. The number of carbonyl (C=O) groups is 1. The summed E-state index contributed by atoms with van der Waals surface area (Å²) >= 11 is 0. The molecule has 1 heterocycles. The molecule has 2 rings (SSSR count). The zero-order valence-electron chi connectivity index (χ0n) is 13.5. The van der Waals surface area contributed by atoms with Crippen LogP contribution in [0.3, 0.4) is 0 Å². The molecule has 24 heavy (non-hydrogen) atoms. The van der Waals surface area contributed by atoms with Crippen molar-refractivity contribution in [2.75, 3.05) is 7.05 Å². The second-order valence-corrected chi connectivity index (χ2v) is 5.14.